The molecule has 0 heterocycles. The van der Waals surface area contributed by atoms with Crippen LogP contribution in [0.1, 0.15) is 65.7 Å². The normalized spacial score (nSPS) is 27.8. The van der Waals surface area contributed by atoms with Crippen molar-refractivity contribution in [2.24, 2.45) is 17.1 Å². The van der Waals surface area contributed by atoms with Gasteiger partial charge in [0.15, 0.2) is 0 Å². The Hall–Kier alpha value is -0.850. The molecule has 2 fully saturated rings. The number of hydrogen-bond donors (Lipinski definition) is 3. The van der Waals surface area contributed by atoms with Crippen molar-refractivity contribution >= 4 is 24.2 Å². The molecule has 2 unspecified atom stereocenters. The van der Waals surface area contributed by atoms with Gasteiger partial charge in [-0.2, -0.15) is 0 Å². The average molecular weight is 390 g/mol. The first kappa shape index (κ1) is 23.2. The van der Waals surface area contributed by atoms with Crippen molar-refractivity contribution in [1.29, 1.82) is 0 Å². The third-order valence-electron chi connectivity index (χ3n) is 6.17. The van der Waals surface area contributed by atoms with Gasteiger partial charge in [0.1, 0.15) is 5.54 Å². The monoisotopic (exact) mass is 389 g/mol. The van der Waals surface area contributed by atoms with Crippen LogP contribution >= 0.6 is 12.4 Å². The second-order valence-corrected chi connectivity index (χ2v) is 8.16. The number of rotatable bonds is 8. The van der Waals surface area contributed by atoms with E-state index in [1.807, 2.05) is 20.8 Å². The molecule has 0 spiro atoms. The van der Waals surface area contributed by atoms with Crippen LogP contribution in [0.15, 0.2) is 0 Å². The number of halogens is 1. The van der Waals surface area contributed by atoms with Crippen LogP contribution in [0.3, 0.4) is 0 Å². The van der Waals surface area contributed by atoms with Gasteiger partial charge in [-0.1, -0.05) is 33.1 Å². The van der Waals surface area contributed by atoms with Gasteiger partial charge in [0, 0.05) is 38.0 Å². The number of nitrogens with one attached hydrogen (secondary N) is 2. The van der Waals surface area contributed by atoms with Crippen LogP contribution in [-0.2, 0) is 14.3 Å². The molecule has 26 heavy (non-hydrogen) atoms. The molecule has 0 aromatic carbocycles. The molecule has 2 aliphatic carbocycles. The summed E-state index contributed by atoms with van der Waals surface area (Å²) < 4.78 is 5.65. The van der Waals surface area contributed by atoms with E-state index < -0.39 is 11.0 Å². The SMILES string of the molecule is CCOC1CC(N)(C(=O)NCCNC(=O)CC2CCCCC2)C1(C)C.Cl. The highest BCUT2D eigenvalue weighted by atomic mass is 35.5. The summed E-state index contributed by atoms with van der Waals surface area (Å²) in [4.78, 5) is 24.4. The van der Waals surface area contributed by atoms with Gasteiger partial charge in [-0.25, -0.2) is 0 Å². The lowest BCUT2D eigenvalue weighted by Gasteiger charge is -2.57. The van der Waals surface area contributed by atoms with E-state index >= 15 is 0 Å². The smallest absolute Gasteiger partial charge is 0.240 e. The number of amides is 2. The highest BCUT2D eigenvalue weighted by Crippen LogP contribution is 2.49. The molecular weight excluding hydrogens is 354 g/mol. The molecule has 2 amide bonds. The minimum absolute atomic E-state index is 0. The molecule has 4 N–H and O–H groups in total. The molecule has 0 saturated heterocycles. The summed E-state index contributed by atoms with van der Waals surface area (Å²) in [5, 5.41) is 5.77. The molecule has 2 rings (SSSR count). The number of ether oxygens (including phenoxy) is 1. The van der Waals surface area contributed by atoms with E-state index in [9.17, 15) is 9.59 Å². The summed E-state index contributed by atoms with van der Waals surface area (Å²) in [5.74, 6) is 0.459. The van der Waals surface area contributed by atoms with Gasteiger partial charge in [0.05, 0.1) is 6.10 Å². The second-order valence-electron chi connectivity index (χ2n) is 8.16. The fourth-order valence-electron chi connectivity index (χ4n) is 4.08. The third kappa shape index (κ3) is 5.11. The number of carbonyl (C=O) groups is 2. The minimum atomic E-state index is -0.904. The Balaban J connectivity index is 0.00000338. The molecule has 0 aromatic heterocycles. The van der Waals surface area contributed by atoms with Crippen molar-refractivity contribution in [3.8, 4) is 0 Å². The van der Waals surface area contributed by atoms with Gasteiger partial charge in [0.25, 0.3) is 0 Å². The maximum absolute atomic E-state index is 12.5. The first-order chi connectivity index (χ1) is 11.8. The average Bonchev–Trinajstić information content (AvgIpc) is 2.59. The highest BCUT2D eigenvalue weighted by Gasteiger charge is 2.62. The lowest BCUT2D eigenvalue weighted by atomic mass is 9.54. The minimum Gasteiger partial charge on any atom is -0.378 e. The van der Waals surface area contributed by atoms with Crippen molar-refractivity contribution in [3.63, 3.8) is 0 Å². The van der Waals surface area contributed by atoms with Crippen molar-refractivity contribution in [3.05, 3.63) is 0 Å². The Kier molecular flexibility index (Phi) is 8.83. The van der Waals surface area contributed by atoms with Crippen LogP contribution in [0.25, 0.3) is 0 Å². The molecular formula is C19H36ClN3O3. The quantitative estimate of drug-likeness (QED) is 0.554. The number of nitrogens with two attached hydrogens (primary N) is 1. The standard InChI is InChI=1S/C19H35N3O3.ClH/c1-4-25-15-13-19(20,18(15,2)3)17(24)22-11-10-21-16(23)12-14-8-6-5-7-9-14;/h14-15H,4-13,20H2,1-3H3,(H,21,23)(H,22,24);1H. The van der Waals surface area contributed by atoms with Crippen LogP contribution in [0.5, 0.6) is 0 Å². The van der Waals surface area contributed by atoms with Crippen LogP contribution in [0.2, 0.25) is 0 Å². The summed E-state index contributed by atoms with van der Waals surface area (Å²) in [7, 11) is 0. The zero-order valence-electron chi connectivity index (χ0n) is 16.4. The number of hydrogen-bond acceptors (Lipinski definition) is 4. The Morgan fingerprint density at radius 3 is 2.31 bits per heavy atom. The van der Waals surface area contributed by atoms with Crippen molar-refractivity contribution in [1.82, 2.24) is 10.6 Å². The van der Waals surface area contributed by atoms with E-state index in [1.165, 1.54) is 19.3 Å². The Labute approximate surface area is 163 Å². The van der Waals surface area contributed by atoms with Crippen LogP contribution in [0.4, 0.5) is 0 Å². The molecule has 7 heteroatoms. The molecule has 2 saturated carbocycles. The van der Waals surface area contributed by atoms with E-state index in [-0.39, 0.29) is 30.3 Å². The van der Waals surface area contributed by atoms with Crippen molar-refractivity contribution in [2.75, 3.05) is 19.7 Å². The Bertz CT molecular complexity index is 481. The van der Waals surface area contributed by atoms with Crippen LogP contribution in [-0.4, -0.2) is 43.2 Å². The molecule has 2 aliphatic rings. The summed E-state index contributed by atoms with van der Waals surface area (Å²) in [6.45, 7) is 7.37. The van der Waals surface area contributed by atoms with E-state index in [0.717, 1.165) is 12.8 Å². The summed E-state index contributed by atoms with van der Waals surface area (Å²) in [6.07, 6.45) is 7.27. The van der Waals surface area contributed by atoms with Crippen LogP contribution < -0.4 is 16.4 Å². The lowest BCUT2D eigenvalue weighted by molar-refractivity contribution is -0.170. The first-order valence-electron chi connectivity index (χ1n) is 9.76. The molecule has 6 nitrogen and oxygen atoms in total. The summed E-state index contributed by atoms with van der Waals surface area (Å²) in [6, 6.07) is 0. The van der Waals surface area contributed by atoms with Gasteiger partial charge in [-0.15, -0.1) is 12.4 Å². The lowest BCUT2D eigenvalue weighted by Crippen LogP contribution is -2.75. The fraction of sp³-hybridized carbons (Fsp3) is 0.895. The second kappa shape index (κ2) is 9.90. The summed E-state index contributed by atoms with van der Waals surface area (Å²) >= 11 is 0. The van der Waals surface area contributed by atoms with Crippen molar-refractivity contribution in [2.45, 2.75) is 77.4 Å². The topological polar surface area (TPSA) is 93.4 Å². The van der Waals surface area contributed by atoms with Gasteiger partial charge < -0.3 is 21.1 Å². The Morgan fingerprint density at radius 2 is 1.73 bits per heavy atom. The Morgan fingerprint density at radius 1 is 1.12 bits per heavy atom. The third-order valence-corrected chi connectivity index (χ3v) is 6.17. The fourth-order valence-corrected chi connectivity index (χ4v) is 4.08. The maximum atomic E-state index is 12.5. The van der Waals surface area contributed by atoms with E-state index in [2.05, 4.69) is 10.6 Å². The van der Waals surface area contributed by atoms with Gasteiger partial charge in [0.2, 0.25) is 11.8 Å². The number of carbonyl (C=O) groups excluding carboxylic acids is 2. The molecule has 0 aliphatic heterocycles. The van der Waals surface area contributed by atoms with E-state index in [0.29, 0.717) is 38.5 Å². The maximum Gasteiger partial charge on any atom is 0.240 e. The van der Waals surface area contributed by atoms with E-state index in [4.69, 9.17) is 10.5 Å². The van der Waals surface area contributed by atoms with Crippen molar-refractivity contribution < 1.29 is 14.3 Å². The predicted molar refractivity (Wildman–Crippen MR) is 105 cm³/mol. The van der Waals surface area contributed by atoms with Gasteiger partial charge in [-0.3, -0.25) is 9.59 Å². The zero-order valence-corrected chi connectivity index (χ0v) is 17.3. The molecule has 0 radical (unpaired) electrons. The molecule has 152 valence electrons. The van der Waals surface area contributed by atoms with Gasteiger partial charge in [-0.05, 0) is 25.7 Å². The first-order valence-corrected chi connectivity index (χ1v) is 9.76. The molecule has 0 aromatic rings. The molecule has 0 bridgehead atoms. The largest absolute Gasteiger partial charge is 0.378 e. The predicted octanol–water partition coefficient (Wildman–Crippen LogP) is 2.14. The summed E-state index contributed by atoms with van der Waals surface area (Å²) in [5.41, 5.74) is 5.04. The zero-order chi connectivity index (χ0) is 18.5. The van der Waals surface area contributed by atoms with E-state index in [1.54, 1.807) is 0 Å². The van der Waals surface area contributed by atoms with Gasteiger partial charge >= 0.3 is 0 Å². The molecule has 2 atom stereocenters. The van der Waals surface area contributed by atoms with Crippen LogP contribution in [0, 0.1) is 11.3 Å². The highest BCUT2D eigenvalue weighted by molar-refractivity contribution is 5.88.